The second kappa shape index (κ2) is 7.97. The summed E-state index contributed by atoms with van der Waals surface area (Å²) in [5.41, 5.74) is 0.616. The Hall–Kier alpha value is -1.25. The van der Waals surface area contributed by atoms with Crippen LogP contribution < -0.4 is 5.32 Å². The van der Waals surface area contributed by atoms with Crippen LogP contribution in [0.1, 0.15) is 12.0 Å². The number of rotatable bonds is 7. The summed E-state index contributed by atoms with van der Waals surface area (Å²) in [4.78, 5) is 4.11. The van der Waals surface area contributed by atoms with Gasteiger partial charge in [0.2, 0.25) is 0 Å². The maximum atomic E-state index is 8.70. The zero-order valence-corrected chi connectivity index (χ0v) is 9.83. The predicted octanol–water partition coefficient (Wildman–Crippen LogP) is 1.48. The first-order valence-corrected chi connectivity index (χ1v) is 6.31. The van der Waals surface area contributed by atoms with Gasteiger partial charge in [0.15, 0.2) is 0 Å². The number of aliphatic hydroxyl groups is 1. The molecular formula is C11H15N3OS. The highest BCUT2D eigenvalue weighted by molar-refractivity contribution is 7.99. The molecule has 0 fully saturated rings. The Bertz CT molecular complexity index is 351. The van der Waals surface area contributed by atoms with Crippen LogP contribution in [0.5, 0.6) is 0 Å². The van der Waals surface area contributed by atoms with Crippen LogP contribution in [-0.2, 0) is 0 Å². The van der Waals surface area contributed by atoms with Crippen LogP contribution in [0, 0.1) is 11.3 Å². The number of nitriles is 1. The maximum Gasteiger partial charge on any atom is 0.127 e. The number of anilines is 1. The molecule has 16 heavy (non-hydrogen) atoms. The van der Waals surface area contributed by atoms with Gasteiger partial charge in [0, 0.05) is 25.1 Å². The van der Waals surface area contributed by atoms with Crippen LogP contribution in [0.2, 0.25) is 0 Å². The Labute approximate surface area is 99.7 Å². The van der Waals surface area contributed by atoms with Crippen molar-refractivity contribution in [3.63, 3.8) is 0 Å². The topological polar surface area (TPSA) is 68.9 Å². The molecule has 0 bridgehead atoms. The van der Waals surface area contributed by atoms with Crippen LogP contribution in [0.4, 0.5) is 5.82 Å². The van der Waals surface area contributed by atoms with Crippen molar-refractivity contribution in [2.45, 2.75) is 6.42 Å². The van der Waals surface area contributed by atoms with Crippen LogP contribution in [0.15, 0.2) is 18.3 Å². The Kier molecular flexibility index (Phi) is 6.38. The zero-order chi connectivity index (χ0) is 11.6. The molecule has 0 atom stereocenters. The first-order valence-electron chi connectivity index (χ1n) is 5.15. The van der Waals surface area contributed by atoms with Gasteiger partial charge in [0.05, 0.1) is 11.6 Å². The fraction of sp³-hybridized carbons (Fsp3) is 0.455. The number of hydrogen-bond acceptors (Lipinski definition) is 5. The number of aliphatic hydroxyl groups excluding tert-OH is 1. The minimum absolute atomic E-state index is 0.256. The smallest absolute Gasteiger partial charge is 0.127 e. The SMILES string of the molecule is N#Cc1ccnc(NCCSCCCO)c1. The van der Waals surface area contributed by atoms with E-state index in [1.165, 1.54) is 0 Å². The number of nitrogens with one attached hydrogen (secondary N) is 1. The third kappa shape index (κ3) is 5.01. The van der Waals surface area contributed by atoms with Crippen molar-refractivity contribution in [3.05, 3.63) is 23.9 Å². The summed E-state index contributed by atoms with van der Waals surface area (Å²) in [7, 11) is 0. The van der Waals surface area contributed by atoms with Crippen molar-refractivity contribution in [1.29, 1.82) is 5.26 Å². The second-order valence-corrected chi connectivity index (χ2v) is 4.38. The number of aromatic nitrogens is 1. The number of thioether (sulfide) groups is 1. The normalized spacial score (nSPS) is 9.75. The number of nitrogens with zero attached hydrogens (tertiary/aromatic N) is 2. The molecule has 0 saturated heterocycles. The van der Waals surface area contributed by atoms with Gasteiger partial charge in [-0.2, -0.15) is 17.0 Å². The van der Waals surface area contributed by atoms with Gasteiger partial charge in [-0.25, -0.2) is 4.98 Å². The molecular weight excluding hydrogens is 222 g/mol. The lowest BCUT2D eigenvalue weighted by atomic mass is 10.3. The lowest BCUT2D eigenvalue weighted by Crippen LogP contribution is -2.06. The van der Waals surface area contributed by atoms with Crippen LogP contribution in [0.3, 0.4) is 0 Å². The number of hydrogen-bond donors (Lipinski definition) is 2. The maximum absolute atomic E-state index is 8.70. The van der Waals surface area contributed by atoms with Gasteiger partial charge in [-0.15, -0.1) is 0 Å². The van der Waals surface area contributed by atoms with Crippen molar-refractivity contribution in [3.8, 4) is 6.07 Å². The van der Waals surface area contributed by atoms with E-state index >= 15 is 0 Å². The molecule has 1 rings (SSSR count). The van der Waals surface area contributed by atoms with Crippen molar-refractivity contribution < 1.29 is 5.11 Å². The molecule has 2 N–H and O–H groups in total. The van der Waals surface area contributed by atoms with E-state index in [9.17, 15) is 0 Å². The van der Waals surface area contributed by atoms with Crippen molar-refractivity contribution >= 4 is 17.6 Å². The molecule has 1 aromatic rings. The quantitative estimate of drug-likeness (QED) is 0.703. The van der Waals surface area contributed by atoms with Gasteiger partial charge in [0.25, 0.3) is 0 Å². The summed E-state index contributed by atoms with van der Waals surface area (Å²) in [5.74, 6) is 2.68. The van der Waals surface area contributed by atoms with E-state index < -0.39 is 0 Å². The monoisotopic (exact) mass is 237 g/mol. The van der Waals surface area contributed by atoms with Crippen molar-refractivity contribution in [2.24, 2.45) is 0 Å². The van der Waals surface area contributed by atoms with E-state index in [0.29, 0.717) is 5.56 Å². The Morgan fingerprint density at radius 1 is 1.50 bits per heavy atom. The van der Waals surface area contributed by atoms with E-state index in [-0.39, 0.29) is 6.61 Å². The molecule has 0 amide bonds. The van der Waals surface area contributed by atoms with Crippen molar-refractivity contribution in [1.82, 2.24) is 4.98 Å². The van der Waals surface area contributed by atoms with E-state index in [0.717, 1.165) is 30.3 Å². The fourth-order valence-electron chi connectivity index (χ4n) is 1.12. The lowest BCUT2D eigenvalue weighted by Gasteiger charge is -2.04. The van der Waals surface area contributed by atoms with E-state index in [1.807, 2.05) is 0 Å². The summed E-state index contributed by atoms with van der Waals surface area (Å²) in [5, 5.41) is 20.4. The van der Waals surface area contributed by atoms with Crippen molar-refractivity contribution in [2.75, 3.05) is 30.0 Å². The summed E-state index contributed by atoms with van der Waals surface area (Å²) in [6, 6.07) is 5.49. The molecule has 0 saturated carbocycles. The van der Waals surface area contributed by atoms with Crippen LogP contribution in [-0.4, -0.2) is 34.7 Å². The van der Waals surface area contributed by atoms with E-state index in [1.54, 1.807) is 30.1 Å². The minimum Gasteiger partial charge on any atom is -0.396 e. The minimum atomic E-state index is 0.256. The first-order chi connectivity index (χ1) is 7.86. The average Bonchev–Trinajstić information content (AvgIpc) is 2.34. The summed E-state index contributed by atoms with van der Waals surface area (Å²) in [6.07, 6.45) is 2.46. The predicted molar refractivity (Wildman–Crippen MR) is 66.5 cm³/mol. The molecule has 4 nitrogen and oxygen atoms in total. The van der Waals surface area contributed by atoms with Gasteiger partial charge in [0.1, 0.15) is 5.82 Å². The third-order valence-corrected chi connectivity index (χ3v) is 2.96. The first kappa shape index (κ1) is 12.8. The molecule has 0 radical (unpaired) electrons. The molecule has 0 aliphatic rings. The fourth-order valence-corrected chi connectivity index (χ4v) is 1.90. The molecule has 0 aliphatic carbocycles. The van der Waals surface area contributed by atoms with E-state index in [4.69, 9.17) is 10.4 Å². The van der Waals surface area contributed by atoms with Crippen LogP contribution in [0.25, 0.3) is 0 Å². The standard InChI is InChI=1S/C11H15N3OS/c12-9-10-2-3-13-11(8-10)14-4-7-16-6-1-5-15/h2-3,8,15H,1,4-7H2,(H,13,14). The van der Waals surface area contributed by atoms with Crippen LogP contribution >= 0.6 is 11.8 Å². The molecule has 5 heteroatoms. The molecule has 1 heterocycles. The molecule has 86 valence electrons. The molecule has 0 aromatic carbocycles. The largest absolute Gasteiger partial charge is 0.396 e. The van der Waals surface area contributed by atoms with Gasteiger partial charge < -0.3 is 10.4 Å². The summed E-state index contributed by atoms with van der Waals surface area (Å²) in [6.45, 7) is 1.07. The number of pyridine rings is 1. The molecule has 0 unspecified atom stereocenters. The molecule has 0 aliphatic heterocycles. The Morgan fingerprint density at radius 2 is 2.38 bits per heavy atom. The van der Waals surface area contributed by atoms with Gasteiger partial charge in [-0.05, 0) is 24.3 Å². The average molecular weight is 237 g/mol. The Balaban J connectivity index is 2.19. The third-order valence-electron chi connectivity index (χ3n) is 1.89. The zero-order valence-electron chi connectivity index (χ0n) is 9.02. The highest BCUT2D eigenvalue weighted by Gasteiger charge is 1.95. The summed E-state index contributed by atoms with van der Waals surface area (Å²) < 4.78 is 0. The van der Waals surface area contributed by atoms with Gasteiger partial charge in [-0.1, -0.05) is 0 Å². The molecule has 0 spiro atoms. The highest BCUT2D eigenvalue weighted by Crippen LogP contribution is 2.06. The summed E-state index contributed by atoms with van der Waals surface area (Å²) >= 11 is 1.79. The lowest BCUT2D eigenvalue weighted by molar-refractivity contribution is 0.296. The highest BCUT2D eigenvalue weighted by atomic mass is 32.2. The Morgan fingerprint density at radius 3 is 3.12 bits per heavy atom. The van der Waals surface area contributed by atoms with Gasteiger partial charge in [-0.3, -0.25) is 0 Å². The molecule has 1 aromatic heterocycles. The van der Waals surface area contributed by atoms with Gasteiger partial charge >= 0.3 is 0 Å². The second-order valence-electron chi connectivity index (χ2n) is 3.16. The van der Waals surface area contributed by atoms with E-state index in [2.05, 4.69) is 16.4 Å².